The maximum absolute atomic E-state index is 13.5. The first kappa shape index (κ1) is 30.4. The predicted octanol–water partition coefficient (Wildman–Crippen LogP) is 4.61. The van der Waals surface area contributed by atoms with Gasteiger partial charge in [-0.3, -0.25) is 13.9 Å². The van der Waals surface area contributed by atoms with Gasteiger partial charge in [0.2, 0.25) is 21.8 Å². The molecular weight excluding hydrogens is 486 g/mol. The molecule has 204 valence electrons. The topological polar surface area (TPSA) is 86.8 Å². The number of rotatable bonds is 12. The summed E-state index contributed by atoms with van der Waals surface area (Å²) in [5, 5.41) is 3.01. The molecule has 0 aliphatic carbocycles. The zero-order chi connectivity index (χ0) is 27.8. The molecule has 1 N–H and O–H groups in total. The number of benzene rings is 2. The first-order valence-electron chi connectivity index (χ1n) is 12.9. The van der Waals surface area contributed by atoms with E-state index in [4.69, 9.17) is 0 Å². The highest BCUT2D eigenvalue weighted by atomic mass is 32.2. The Balaban J connectivity index is 2.21. The van der Waals surface area contributed by atoms with Gasteiger partial charge >= 0.3 is 0 Å². The maximum Gasteiger partial charge on any atom is 0.243 e. The van der Waals surface area contributed by atoms with Crippen LogP contribution in [0.1, 0.15) is 63.6 Å². The van der Waals surface area contributed by atoms with Crippen LogP contribution in [0.3, 0.4) is 0 Å². The predicted molar refractivity (Wildman–Crippen MR) is 151 cm³/mol. The number of sulfonamides is 1. The average Bonchev–Trinajstić information content (AvgIpc) is 2.79. The Morgan fingerprint density at radius 1 is 1.00 bits per heavy atom. The van der Waals surface area contributed by atoms with Gasteiger partial charge in [-0.25, -0.2) is 8.42 Å². The molecule has 0 saturated carbocycles. The van der Waals surface area contributed by atoms with Crippen LogP contribution in [0.2, 0.25) is 0 Å². The number of hydrogen-bond donors (Lipinski definition) is 1. The minimum atomic E-state index is -3.53. The largest absolute Gasteiger partial charge is 0.350 e. The minimum absolute atomic E-state index is 0.144. The molecular formula is C29H43N3O4S. The summed E-state index contributed by atoms with van der Waals surface area (Å²) < 4.78 is 26.6. The number of nitrogens with one attached hydrogen (secondary N) is 1. The van der Waals surface area contributed by atoms with Crippen LogP contribution < -0.4 is 9.62 Å². The molecule has 0 unspecified atom stereocenters. The third-order valence-electron chi connectivity index (χ3n) is 6.15. The first-order valence-corrected chi connectivity index (χ1v) is 14.8. The molecule has 0 aliphatic rings. The van der Waals surface area contributed by atoms with Crippen molar-refractivity contribution in [2.45, 2.75) is 78.8 Å². The third kappa shape index (κ3) is 9.50. The Kier molecular flexibility index (Phi) is 10.7. The number of carbonyl (C=O) groups excluding carboxylic acids is 2. The second kappa shape index (κ2) is 13.1. The summed E-state index contributed by atoms with van der Waals surface area (Å²) in [6.45, 7) is 12.1. The summed E-state index contributed by atoms with van der Waals surface area (Å²) in [5.41, 5.74) is 3.13. The summed E-state index contributed by atoms with van der Waals surface area (Å²) in [4.78, 5) is 28.3. The van der Waals surface area contributed by atoms with Crippen LogP contribution in [0.5, 0.6) is 0 Å². The van der Waals surface area contributed by atoms with Crippen LogP contribution in [-0.2, 0) is 26.0 Å². The fourth-order valence-corrected chi connectivity index (χ4v) is 5.33. The Labute approximate surface area is 223 Å². The molecule has 0 aromatic heterocycles. The molecule has 0 fully saturated rings. The van der Waals surface area contributed by atoms with Gasteiger partial charge in [-0.1, -0.05) is 49.4 Å². The van der Waals surface area contributed by atoms with E-state index in [0.717, 1.165) is 16.7 Å². The SMILES string of the molecule is CC[C@@H](C(=O)NC(C)(C)C)N(CCc1ccccc1)C(=O)CCCN(c1cc(C)ccc1C)S(C)(=O)=O. The molecule has 2 amide bonds. The number of anilines is 1. The molecule has 2 aromatic rings. The Morgan fingerprint density at radius 3 is 2.22 bits per heavy atom. The van der Waals surface area contributed by atoms with E-state index in [0.29, 0.717) is 31.5 Å². The molecule has 0 bridgehead atoms. The maximum atomic E-state index is 13.5. The monoisotopic (exact) mass is 529 g/mol. The summed E-state index contributed by atoms with van der Waals surface area (Å²) in [5.74, 6) is -0.328. The van der Waals surface area contributed by atoms with Gasteiger partial charge in [0.05, 0.1) is 11.9 Å². The number of carbonyl (C=O) groups is 2. The lowest BCUT2D eigenvalue weighted by Crippen LogP contribution is -2.54. The van der Waals surface area contributed by atoms with E-state index in [-0.39, 0.29) is 24.8 Å². The van der Waals surface area contributed by atoms with Gasteiger partial charge in [-0.05, 0) is 76.6 Å². The molecule has 0 radical (unpaired) electrons. The van der Waals surface area contributed by atoms with Crippen LogP contribution in [0.15, 0.2) is 48.5 Å². The highest BCUT2D eigenvalue weighted by Crippen LogP contribution is 2.24. The standard InChI is InChI=1S/C29H43N3O4S/c1-8-25(28(34)30-29(4,5)6)31(20-18-24-13-10-9-11-14-24)27(33)15-12-19-32(37(7,35)36)26-21-22(2)16-17-23(26)3/h9-11,13-14,16-17,21,25H,8,12,15,18-20H2,1-7H3,(H,30,34)/t25-/m0/s1. The summed E-state index contributed by atoms with van der Waals surface area (Å²) >= 11 is 0. The van der Waals surface area contributed by atoms with E-state index < -0.39 is 21.6 Å². The van der Waals surface area contributed by atoms with Gasteiger partial charge in [0, 0.05) is 25.0 Å². The summed E-state index contributed by atoms with van der Waals surface area (Å²) in [6, 6.07) is 15.0. The van der Waals surface area contributed by atoms with E-state index in [9.17, 15) is 18.0 Å². The lowest BCUT2D eigenvalue weighted by Gasteiger charge is -2.33. The van der Waals surface area contributed by atoms with Crippen molar-refractivity contribution in [3.8, 4) is 0 Å². The second-order valence-corrected chi connectivity index (χ2v) is 12.6. The van der Waals surface area contributed by atoms with E-state index in [2.05, 4.69) is 5.32 Å². The number of hydrogen-bond acceptors (Lipinski definition) is 4. The molecule has 0 saturated heterocycles. The summed E-state index contributed by atoms with van der Waals surface area (Å²) in [7, 11) is -3.53. The molecule has 7 nitrogen and oxygen atoms in total. The second-order valence-electron chi connectivity index (χ2n) is 10.7. The van der Waals surface area contributed by atoms with E-state index >= 15 is 0 Å². The smallest absolute Gasteiger partial charge is 0.243 e. The minimum Gasteiger partial charge on any atom is -0.350 e. The van der Waals surface area contributed by atoms with Crippen molar-refractivity contribution in [1.29, 1.82) is 0 Å². The Hall–Kier alpha value is -2.87. The number of aryl methyl sites for hydroxylation is 2. The van der Waals surface area contributed by atoms with Gasteiger partial charge in [-0.2, -0.15) is 0 Å². The lowest BCUT2D eigenvalue weighted by atomic mass is 10.0. The molecule has 0 spiro atoms. The van der Waals surface area contributed by atoms with Crippen LogP contribution in [0, 0.1) is 13.8 Å². The first-order chi connectivity index (χ1) is 17.2. The van der Waals surface area contributed by atoms with Gasteiger partial charge in [-0.15, -0.1) is 0 Å². The third-order valence-corrected chi connectivity index (χ3v) is 7.33. The Bertz CT molecular complexity index is 1160. The zero-order valence-corrected chi connectivity index (χ0v) is 24.2. The molecule has 37 heavy (non-hydrogen) atoms. The van der Waals surface area contributed by atoms with Crippen molar-refractivity contribution in [3.63, 3.8) is 0 Å². The van der Waals surface area contributed by atoms with Gasteiger partial charge in [0.15, 0.2) is 0 Å². The van der Waals surface area contributed by atoms with E-state index in [1.807, 2.05) is 90.1 Å². The molecule has 8 heteroatoms. The molecule has 0 aliphatic heterocycles. The van der Waals surface area contributed by atoms with E-state index in [1.165, 1.54) is 10.6 Å². The van der Waals surface area contributed by atoms with Crippen molar-refractivity contribution in [1.82, 2.24) is 10.2 Å². The number of nitrogens with zero attached hydrogens (tertiary/aromatic N) is 2. The van der Waals surface area contributed by atoms with Crippen molar-refractivity contribution in [2.24, 2.45) is 0 Å². The molecule has 2 aromatic carbocycles. The lowest BCUT2D eigenvalue weighted by molar-refractivity contribution is -0.141. The van der Waals surface area contributed by atoms with Gasteiger partial charge in [0.1, 0.15) is 6.04 Å². The quantitative estimate of drug-likeness (QED) is 0.435. The highest BCUT2D eigenvalue weighted by molar-refractivity contribution is 7.92. The Morgan fingerprint density at radius 2 is 1.65 bits per heavy atom. The summed E-state index contributed by atoms with van der Waals surface area (Å²) in [6.07, 6.45) is 2.79. The van der Waals surface area contributed by atoms with Gasteiger partial charge < -0.3 is 10.2 Å². The van der Waals surface area contributed by atoms with Crippen LogP contribution >= 0.6 is 0 Å². The van der Waals surface area contributed by atoms with Crippen molar-refractivity contribution in [2.75, 3.05) is 23.7 Å². The molecule has 0 heterocycles. The van der Waals surface area contributed by atoms with Crippen molar-refractivity contribution >= 4 is 27.5 Å². The molecule has 1 atom stereocenters. The van der Waals surface area contributed by atoms with Crippen LogP contribution in [-0.4, -0.2) is 56.1 Å². The highest BCUT2D eigenvalue weighted by Gasteiger charge is 2.30. The van der Waals surface area contributed by atoms with Gasteiger partial charge in [0.25, 0.3) is 0 Å². The van der Waals surface area contributed by atoms with Crippen molar-refractivity contribution < 1.29 is 18.0 Å². The van der Waals surface area contributed by atoms with E-state index in [1.54, 1.807) is 4.90 Å². The average molecular weight is 530 g/mol. The zero-order valence-electron chi connectivity index (χ0n) is 23.4. The molecule has 2 rings (SSSR count). The number of amides is 2. The normalized spacial score (nSPS) is 12.6. The van der Waals surface area contributed by atoms with Crippen molar-refractivity contribution in [3.05, 3.63) is 65.2 Å². The van der Waals surface area contributed by atoms with Crippen LogP contribution in [0.25, 0.3) is 0 Å². The fourth-order valence-electron chi connectivity index (χ4n) is 4.32. The fraction of sp³-hybridized carbons (Fsp3) is 0.517. The van der Waals surface area contributed by atoms with Crippen LogP contribution in [0.4, 0.5) is 5.69 Å².